The largest absolute Gasteiger partial charge is 0.401 e. The zero-order chi connectivity index (χ0) is 15.1. The Morgan fingerprint density at radius 2 is 1.81 bits per heavy atom. The number of alkyl halides is 3. The van der Waals surface area contributed by atoms with Crippen LogP contribution >= 0.6 is 0 Å². The number of hydrogen-bond acceptors (Lipinski definition) is 3. The van der Waals surface area contributed by atoms with Gasteiger partial charge in [-0.15, -0.1) is 0 Å². The zero-order valence-corrected chi connectivity index (χ0v) is 12.3. The van der Waals surface area contributed by atoms with E-state index in [4.69, 9.17) is 0 Å². The third-order valence-corrected chi connectivity index (χ3v) is 5.06. The molecule has 0 saturated heterocycles. The van der Waals surface area contributed by atoms with Gasteiger partial charge in [0.05, 0.1) is 13.2 Å². The molecule has 2 unspecified atom stereocenters. The van der Waals surface area contributed by atoms with Gasteiger partial charge in [-0.2, -0.15) is 13.2 Å². The van der Waals surface area contributed by atoms with Gasteiger partial charge in [-0.1, -0.05) is 0 Å². The summed E-state index contributed by atoms with van der Waals surface area (Å²) < 4.78 is 38.5. The molecule has 3 aliphatic rings. The minimum atomic E-state index is -4.13. The van der Waals surface area contributed by atoms with Gasteiger partial charge in [-0.3, -0.25) is 4.90 Å². The van der Waals surface area contributed by atoms with Crippen LogP contribution in [-0.4, -0.2) is 53.0 Å². The van der Waals surface area contributed by atoms with Crippen LogP contribution in [0.25, 0.3) is 0 Å². The smallest absolute Gasteiger partial charge is 0.394 e. The fraction of sp³-hybridized carbons (Fsp3) is 1.00. The third kappa shape index (κ3) is 4.11. The molecule has 3 nitrogen and oxygen atoms in total. The molecule has 0 radical (unpaired) electrons. The molecule has 122 valence electrons. The summed E-state index contributed by atoms with van der Waals surface area (Å²) in [5, 5.41) is 13.3. The zero-order valence-electron chi connectivity index (χ0n) is 12.3. The molecule has 3 saturated carbocycles. The first-order valence-corrected chi connectivity index (χ1v) is 8.12. The lowest BCUT2D eigenvalue weighted by atomic mass is 9.78. The topological polar surface area (TPSA) is 35.5 Å². The standard InChI is InChI=1S/C15H25F3N2O/c16-15(17,18)9-20(12-5-6-12)13-2-1-7-14(8-13,10-21)19-11-3-4-11/h11-13,19,21H,1-10H2. The van der Waals surface area contributed by atoms with Gasteiger partial charge in [-0.05, 0) is 51.4 Å². The Morgan fingerprint density at radius 1 is 1.10 bits per heavy atom. The summed E-state index contributed by atoms with van der Waals surface area (Å²) in [6, 6.07) is 0.520. The van der Waals surface area contributed by atoms with E-state index in [1.165, 1.54) is 0 Å². The van der Waals surface area contributed by atoms with Gasteiger partial charge in [-0.25, -0.2) is 0 Å². The number of aliphatic hydroxyl groups is 1. The molecular formula is C15H25F3N2O. The summed E-state index contributed by atoms with van der Waals surface area (Å²) in [5.74, 6) is 0. The fourth-order valence-electron chi connectivity index (χ4n) is 3.76. The molecule has 0 aromatic carbocycles. The Kier molecular flexibility index (Phi) is 4.23. The van der Waals surface area contributed by atoms with Crippen LogP contribution in [0, 0.1) is 0 Å². The molecule has 0 aliphatic heterocycles. The van der Waals surface area contributed by atoms with Crippen LogP contribution in [0.4, 0.5) is 13.2 Å². The Bertz CT molecular complexity index is 368. The minimum absolute atomic E-state index is 0.0323. The third-order valence-electron chi connectivity index (χ3n) is 5.06. The summed E-state index contributed by atoms with van der Waals surface area (Å²) in [6.07, 6.45) is 3.12. The summed E-state index contributed by atoms with van der Waals surface area (Å²) in [4.78, 5) is 1.66. The van der Waals surface area contributed by atoms with Gasteiger partial charge in [0.2, 0.25) is 0 Å². The van der Waals surface area contributed by atoms with Crippen molar-refractivity contribution >= 4 is 0 Å². The van der Waals surface area contributed by atoms with Crippen LogP contribution in [-0.2, 0) is 0 Å². The Balaban J connectivity index is 1.67. The van der Waals surface area contributed by atoms with Crippen LogP contribution in [0.2, 0.25) is 0 Å². The Labute approximate surface area is 123 Å². The predicted molar refractivity (Wildman–Crippen MR) is 74.0 cm³/mol. The summed E-state index contributed by atoms with van der Waals surface area (Å²) in [7, 11) is 0. The highest BCUT2D eigenvalue weighted by molar-refractivity contribution is 5.02. The van der Waals surface area contributed by atoms with E-state index in [1.54, 1.807) is 4.90 Å². The van der Waals surface area contributed by atoms with Gasteiger partial charge in [0.25, 0.3) is 0 Å². The molecular weight excluding hydrogens is 281 g/mol. The monoisotopic (exact) mass is 306 g/mol. The van der Waals surface area contributed by atoms with Crippen molar-refractivity contribution in [2.24, 2.45) is 0 Å². The second kappa shape index (κ2) is 5.70. The maximum absolute atomic E-state index is 12.8. The molecule has 3 rings (SSSR count). The average molecular weight is 306 g/mol. The van der Waals surface area contributed by atoms with E-state index in [0.717, 1.165) is 44.9 Å². The van der Waals surface area contributed by atoms with E-state index in [0.29, 0.717) is 12.5 Å². The van der Waals surface area contributed by atoms with E-state index in [-0.39, 0.29) is 24.2 Å². The van der Waals surface area contributed by atoms with Crippen LogP contribution in [0.15, 0.2) is 0 Å². The predicted octanol–water partition coefficient (Wildman–Crippen LogP) is 2.44. The van der Waals surface area contributed by atoms with E-state index in [9.17, 15) is 18.3 Å². The van der Waals surface area contributed by atoms with Crippen molar-refractivity contribution in [2.75, 3.05) is 13.2 Å². The maximum Gasteiger partial charge on any atom is 0.401 e. The average Bonchev–Trinajstić information content (AvgIpc) is 3.29. The van der Waals surface area contributed by atoms with Crippen molar-refractivity contribution < 1.29 is 18.3 Å². The van der Waals surface area contributed by atoms with Gasteiger partial charge >= 0.3 is 6.18 Å². The van der Waals surface area contributed by atoms with Crippen LogP contribution in [0.5, 0.6) is 0 Å². The second-order valence-electron chi connectivity index (χ2n) is 7.13. The molecule has 0 aromatic rings. The first kappa shape index (κ1) is 15.6. The quantitative estimate of drug-likeness (QED) is 0.791. The van der Waals surface area contributed by atoms with Gasteiger partial charge in [0.15, 0.2) is 0 Å². The second-order valence-corrected chi connectivity index (χ2v) is 7.13. The van der Waals surface area contributed by atoms with Crippen molar-refractivity contribution in [2.45, 2.75) is 81.2 Å². The molecule has 0 heterocycles. The summed E-state index contributed by atoms with van der Waals surface area (Å²) in [5.41, 5.74) is -0.358. The van der Waals surface area contributed by atoms with Gasteiger partial charge < -0.3 is 10.4 Å². The Morgan fingerprint density at radius 3 is 2.33 bits per heavy atom. The molecule has 0 aromatic heterocycles. The molecule has 3 fully saturated rings. The number of aliphatic hydroxyl groups excluding tert-OH is 1. The van der Waals surface area contributed by atoms with E-state index < -0.39 is 12.7 Å². The Hall–Kier alpha value is -0.330. The number of hydrogen-bond donors (Lipinski definition) is 2. The molecule has 2 atom stereocenters. The first-order valence-electron chi connectivity index (χ1n) is 8.12. The molecule has 0 bridgehead atoms. The number of nitrogens with zero attached hydrogens (tertiary/aromatic N) is 1. The summed E-state index contributed by atoms with van der Waals surface area (Å²) >= 11 is 0. The molecule has 6 heteroatoms. The lowest BCUT2D eigenvalue weighted by Gasteiger charge is -2.45. The molecule has 0 amide bonds. The fourth-order valence-corrected chi connectivity index (χ4v) is 3.76. The van der Waals surface area contributed by atoms with E-state index in [2.05, 4.69) is 5.32 Å². The number of halogens is 3. The van der Waals surface area contributed by atoms with Crippen LogP contribution in [0.3, 0.4) is 0 Å². The highest BCUT2D eigenvalue weighted by atomic mass is 19.4. The highest BCUT2D eigenvalue weighted by Gasteiger charge is 2.46. The first-order chi connectivity index (χ1) is 9.91. The summed E-state index contributed by atoms with van der Waals surface area (Å²) in [6.45, 7) is -0.766. The van der Waals surface area contributed by atoms with Crippen molar-refractivity contribution in [3.63, 3.8) is 0 Å². The molecule has 0 spiro atoms. The number of nitrogens with one attached hydrogen (secondary N) is 1. The van der Waals surface area contributed by atoms with Gasteiger partial charge in [0.1, 0.15) is 0 Å². The van der Waals surface area contributed by atoms with Crippen molar-refractivity contribution in [3.8, 4) is 0 Å². The van der Waals surface area contributed by atoms with Crippen molar-refractivity contribution in [3.05, 3.63) is 0 Å². The molecule has 21 heavy (non-hydrogen) atoms. The van der Waals surface area contributed by atoms with Crippen LogP contribution < -0.4 is 5.32 Å². The molecule has 2 N–H and O–H groups in total. The highest BCUT2D eigenvalue weighted by Crippen LogP contribution is 2.39. The van der Waals surface area contributed by atoms with Crippen LogP contribution in [0.1, 0.15) is 51.4 Å². The SMILES string of the molecule is OCC1(NC2CC2)CCCC(N(CC(F)(F)F)C2CC2)C1. The maximum atomic E-state index is 12.8. The normalized spacial score (nSPS) is 34.4. The van der Waals surface area contributed by atoms with Gasteiger partial charge in [0, 0.05) is 23.7 Å². The van der Waals surface area contributed by atoms with Crippen molar-refractivity contribution in [1.29, 1.82) is 0 Å². The lowest BCUT2D eigenvalue weighted by Crippen LogP contribution is -2.57. The lowest BCUT2D eigenvalue weighted by molar-refractivity contribution is -0.155. The minimum Gasteiger partial charge on any atom is -0.394 e. The van der Waals surface area contributed by atoms with E-state index >= 15 is 0 Å². The molecule has 3 aliphatic carbocycles. The number of rotatable bonds is 6. The van der Waals surface area contributed by atoms with E-state index in [1.807, 2.05) is 0 Å². The van der Waals surface area contributed by atoms with Crippen molar-refractivity contribution in [1.82, 2.24) is 10.2 Å².